The zero-order valence-electron chi connectivity index (χ0n) is 12.5. The normalized spacial score (nSPS) is 21.9. The molecule has 0 bridgehead atoms. The van der Waals surface area contributed by atoms with E-state index in [9.17, 15) is 4.79 Å². The first-order valence-electron chi connectivity index (χ1n) is 7.84. The fraction of sp³-hybridized carbons (Fsp3) is 0.786. The number of carbonyl (C=O) groups excluding carboxylic acids is 1. The lowest BCUT2D eigenvalue weighted by molar-refractivity contribution is -0.117. The standard InChI is InChI=1S/C14H23N5O2/c1-2-7-19(11-5-6-15-8-11)9-12(20)16-14-18-17-13(21-14)10-3-4-10/h10-11,15H,2-9H2,1H3,(H,16,18,20). The molecular formula is C14H23N5O2. The Bertz CT molecular complexity index is 479. The fourth-order valence-electron chi connectivity index (χ4n) is 2.75. The van der Waals surface area contributed by atoms with Crippen molar-refractivity contribution >= 4 is 11.9 Å². The molecule has 2 heterocycles. The Labute approximate surface area is 124 Å². The molecule has 1 unspecified atom stereocenters. The Balaban J connectivity index is 1.52. The summed E-state index contributed by atoms with van der Waals surface area (Å²) in [6, 6.07) is 0.670. The van der Waals surface area contributed by atoms with Crippen LogP contribution in [-0.2, 0) is 4.79 Å². The van der Waals surface area contributed by atoms with Gasteiger partial charge in [0.05, 0.1) is 6.54 Å². The molecule has 0 aromatic carbocycles. The lowest BCUT2D eigenvalue weighted by Crippen LogP contribution is -2.42. The van der Waals surface area contributed by atoms with Gasteiger partial charge in [-0.15, -0.1) is 5.10 Å². The Kier molecular flexibility index (Phi) is 4.50. The number of anilines is 1. The monoisotopic (exact) mass is 293 g/mol. The van der Waals surface area contributed by atoms with Gasteiger partial charge in [-0.3, -0.25) is 15.0 Å². The number of hydrogen-bond donors (Lipinski definition) is 2. The Hall–Kier alpha value is -1.47. The summed E-state index contributed by atoms with van der Waals surface area (Å²) in [5.41, 5.74) is 0. The van der Waals surface area contributed by atoms with Crippen molar-refractivity contribution in [2.24, 2.45) is 0 Å². The molecule has 1 amide bonds. The summed E-state index contributed by atoms with van der Waals surface area (Å²) < 4.78 is 5.46. The highest BCUT2D eigenvalue weighted by Crippen LogP contribution is 2.39. The van der Waals surface area contributed by atoms with Gasteiger partial charge in [0.1, 0.15) is 0 Å². The quantitative estimate of drug-likeness (QED) is 0.779. The van der Waals surface area contributed by atoms with Crippen molar-refractivity contribution in [3.05, 3.63) is 5.89 Å². The average Bonchev–Trinajstić information content (AvgIpc) is 2.99. The van der Waals surface area contributed by atoms with E-state index < -0.39 is 0 Å². The van der Waals surface area contributed by atoms with Crippen molar-refractivity contribution in [3.63, 3.8) is 0 Å². The van der Waals surface area contributed by atoms with E-state index in [0.29, 0.717) is 24.4 Å². The van der Waals surface area contributed by atoms with Crippen LogP contribution >= 0.6 is 0 Å². The first-order valence-corrected chi connectivity index (χ1v) is 7.84. The largest absolute Gasteiger partial charge is 0.408 e. The van der Waals surface area contributed by atoms with Crippen LogP contribution in [0.5, 0.6) is 0 Å². The molecule has 0 radical (unpaired) electrons. The van der Waals surface area contributed by atoms with Crippen molar-refractivity contribution in [1.29, 1.82) is 0 Å². The summed E-state index contributed by atoms with van der Waals surface area (Å²) in [6.45, 7) is 5.42. The van der Waals surface area contributed by atoms with Crippen LogP contribution in [0.2, 0.25) is 0 Å². The molecule has 2 aliphatic rings. The minimum atomic E-state index is -0.0821. The van der Waals surface area contributed by atoms with Crippen LogP contribution in [-0.4, -0.2) is 53.2 Å². The molecule has 0 spiro atoms. The number of nitrogens with one attached hydrogen (secondary N) is 2. The molecule has 7 heteroatoms. The summed E-state index contributed by atoms with van der Waals surface area (Å²) in [5.74, 6) is 0.973. The number of carbonyl (C=O) groups is 1. The van der Waals surface area contributed by atoms with E-state index in [0.717, 1.165) is 45.3 Å². The van der Waals surface area contributed by atoms with E-state index in [1.807, 2.05) is 0 Å². The fourth-order valence-corrected chi connectivity index (χ4v) is 2.75. The highest BCUT2D eigenvalue weighted by atomic mass is 16.4. The summed E-state index contributed by atoms with van der Waals surface area (Å²) in [4.78, 5) is 14.4. The predicted octanol–water partition coefficient (Wildman–Crippen LogP) is 0.959. The van der Waals surface area contributed by atoms with E-state index >= 15 is 0 Å². The minimum Gasteiger partial charge on any atom is -0.408 e. The number of nitrogens with zero attached hydrogens (tertiary/aromatic N) is 3. The van der Waals surface area contributed by atoms with E-state index in [1.54, 1.807) is 0 Å². The lowest BCUT2D eigenvalue weighted by Gasteiger charge is -2.26. The molecule has 1 atom stereocenters. The van der Waals surface area contributed by atoms with E-state index in [2.05, 4.69) is 32.7 Å². The highest BCUT2D eigenvalue weighted by Gasteiger charge is 2.30. The molecule has 1 aliphatic carbocycles. The summed E-state index contributed by atoms with van der Waals surface area (Å²) >= 11 is 0. The molecule has 3 rings (SSSR count). The third kappa shape index (κ3) is 3.79. The average molecular weight is 293 g/mol. The molecule has 7 nitrogen and oxygen atoms in total. The van der Waals surface area contributed by atoms with Crippen LogP contribution in [0.15, 0.2) is 4.42 Å². The second-order valence-electron chi connectivity index (χ2n) is 5.89. The zero-order valence-corrected chi connectivity index (χ0v) is 12.5. The zero-order chi connectivity index (χ0) is 14.7. The second kappa shape index (κ2) is 6.53. The first-order chi connectivity index (χ1) is 10.3. The molecule has 1 aliphatic heterocycles. The van der Waals surface area contributed by atoms with Gasteiger partial charge in [-0.1, -0.05) is 12.0 Å². The Morgan fingerprint density at radius 3 is 2.95 bits per heavy atom. The number of rotatable bonds is 7. The molecular weight excluding hydrogens is 270 g/mol. The lowest BCUT2D eigenvalue weighted by atomic mass is 10.2. The van der Waals surface area contributed by atoms with E-state index in [1.165, 1.54) is 0 Å². The van der Waals surface area contributed by atoms with Gasteiger partial charge in [0.15, 0.2) is 0 Å². The van der Waals surface area contributed by atoms with Gasteiger partial charge in [0.2, 0.25) is 11.8 Å². The van der Waals surface area contributed by atoms with E-state index in [4.69, 9.17) is 4.42 Å². The van der Waals surface area contributed by atoms with Gasteiger partial charge >= 0.3 is 6.01 Å². The van der Waals surface area contributed by atoms with Gasteiger partial charge in [-0.25, -0.2) is 0 Å². The summed E-state index contributed by atoms with van der Waals surface area (Å²) in [7, 11) is 0. The SMILES string of the molecule is CCCN(CC(=O)Nc1nnc(C2CC2)o1)C1CCNC1. The molecule has 1 aromatic heterocycles. The van der Waals surface area contributed by atoms with Crippen molar-refractivity contribution in [3.8, 4) is 0 Å². The van der Waals surface area contributed by atoms with Gasteiger partial charge in [0, 0.05) is 18.5 Å². The third-order valence-electron chi connectivity index (χ3n) is 4.02. The number of amides is 1. The number of aromatic nitrogens is 2. The third-order valence-corrected chi connectivity index (χ3v) is 4.02. The van der Waals surface area contributed by atoms with Crippen LogP contribution < -0.4 is 10.6 Å². The van der Waals surface area contributed by atoms with Crippen LogP contribution in [0, 0.1) is 0 Å². The van der Waals surface area contributed by atoms with Crippen molar-refractivity contribution in [2.45, 2.75) is 44.6 Å². The molecule has 1 aromatic rings. The highest BCUT2D eigenvalue weighted by molar-refractivity contribution is 5.90. The van der Waals surface area contributed by atoms with Gasteiger partial charge in [-0.2, -0.15) is 0 Å². The Morgan fingerprint density at radius 1 is 1.43 bits per heavy atom. The maximum atomic E-state index is 12.1. The van der Waals surface area contributed by atoms with Gasteiger partial charge < -0.3 is 9.73 Å². The topological polar surface area (TPSA) is 83.3 Å². The van der Waals surface area contributed by atoms with Crippen molar-refractivity contribution in [1.82, 2.24) is 20.4 Å². The second-order valence-corrected chi connectivity index (χ2v) is 5.89. The van der Waals surface area contributed by atoms with Crippen LogP contribution in [0.3, 0.4) is 0 Å². The number of hydrogen-bond acceptors (Lipinski definition) is 6. The molecule has 2 N–H and O–H groups in total. The first kappa shape index (κ1) is 14.5. The summed E-state index contributed by atoms with van der Waals surface area (Å²) in [5, 5.41) is 13.9. The molecule has 2 fully saturated rings. The van der Waals surface area contributed by atoms with Crippen molar-refractivity contribution in [2.75, 3.05) is 31.5 Å². The van der Waals surface area contributed by atoms with Crippen LogP contribution in [0.25, 0.3) is 0 Å². The smallest absolute Gasteiger partial charge is 0.322 e. The van der Waals surface area contributed by atoms with Crippen LogP contribution in [0.1, 0.15) is 44.4 Å². The maximum Gasteiger partial charge on any atom is 0.322 e. The molecule has 116 valence electrons. The Morgan fingerprint density at radius 2 is 2.29 bits per heavy atom. The van der Waals surface area contributed by atoms with Gasteiger partial charge in [0.25, 0.3) is 0 Å². The van der Waals surface area contributed by atoms with Crippen molar-refractivity contribution < 1.29 is 9.21 Å². The van der Waals surface area contributed by atoms with E-state index in [-0.39, 0.29) is 11.9 Å². The van der Waals surface area contributed by atoms with Crippen LogP contribution in [0.4, 0.5) is 6.01 Å². The molecule has 1 saturated carbocycles. The molecule has 1 saturated heterocycles. The maximum absolute atomic E-state index is 12.1. The minimum absolute atomic E-state index is 0.0821. The van der Waals surface area contributed by atoms with Gasteiger partial charge in [-0.05, 0) is 38.8 Å². The molecule has 21 heavy (non-hydrogen) atoms. The summed E-state index contributed by atoms with van der Waals surface area (Å²) in [6.07, 6.45) is 4.35. The predicted molar refractivity (Wildman–Crippen MR) is 78.0 cm³/mol.